The highest BCUT2D eigenvalue weighted by atomic mass is 35.5. The SMILES string of the molecule is CCOc1cc(Cl)ccc1NC(=O)c1cn(C2CCNCC2)nn1. The van der Waals surface area contributed by atoms with Crippen molar-refractivity contribution in [3.05, 3.63) is 35.1 Å². The van der Waals surface area contributed by atoms with Crippen LogP contribution in [0.5, 0.6) is 5.75 Å². The van der Waals surface area contributed by atoms with Crippen molar-refractivity contribution < 1.29 is 9.53 Å². The first-order valence-electron chi connectivity index (χ1n) is 8.03. The Morgan fingerprint density at radius 3 is 3.00 bits per heavy atom. The highest BCUT2D eigenvalue weighted by Crippen LogP contribution is 2.28. The summed E-state index contributed by atoms with van der Waals surface area (Å²) in [6, 6.07) is 5.37. The van der Waals surface area contributed by atoms with E-state index in [1.54, 1.807) is 29.1 Å². The summed E-state index contributed by atoms with van der Waals surface area (Å²) in [4.78, 5) is 12.4. The van der Waals surface area contributed by atoms with Crippen LogP contribution < -0.4 is 15.4 Å². The Morgan fingerprint density at radius 1 is 1.46 bits per heavy atom. The van der Waals surface area contributed by atoms with Gasteiger partial charge in [0.25, 0.3) is 5.91 Å². The first-order chi connectivity index (χ1) is 11.7. The number of nitrogens with one attached hydrogen (secondary N) is 2. The quantitative estimate of drug-likeness (QED) is 0.866. The van der Waals surface area contributed by atoms with Crippen molar-refractivity contribution in [3.8, 4) is 5.75 Å². The molecule has 2 N–H and O–H groups in total. The zero-order valence-corrected chi connectivity index (χ0v) is 14.2. The Bertz CT molecular complexity index is 712. The van der Waals surface area contributed by atoms with Crippen LogP contribution in [0.25, 0.3) is 0 Å². The summed E-state index contributed by atoms with van der Waals surface area (Å²) in [5.74, 6) is 0.211. The summed E-state index contributed by atoms with van der Waals surface area (Å²) < 4.78 is 7.29. The van der Waals surface area contributed by atoms with Gasteiger partial charge in [-0.1, -0.05) is 16.8 Å². The molecule has 3 rings (SSSR count). The van der Waals surface area contributed by atoms with E-state index in [1.807, 2.05) is 6.92 Å². The molecule has 1 amide bonds. The number of anilines is 1. The molecule has 1 saturated heterocycles. The van der Waals surface area contributed by atoms with Crippen molar-refractivity contribution in [3.63, 3.8) is 0 Å². The first-order valence-corrected chi connectivity index (χ1v) is 8.41. The maximum Gasteiger partial charge on any atom is 0.277 e. The Kier molecular flexibility index (Phi) is 5.32. The number of carbonyl (C=O) groups excluding carboxylic acids is 1. The van der Waals surface area contributed by atoms with E-state index in [1.165, 1.54) is 0 Å². The molecule has 0 aliphatic carbocycles. The molecule has 1 fully saturated rings. The van der Waals surface area contributed by atoms with Gasteiger partial charge in [-0.15, -0.1) is 5.10 Å². The number of piperidine rings is 1. The lowest BCUT2D eigenvalue weighted by atomic mass is 10.1. The molecule has 1 aliphatic heterocycles. The molecule has 0 saturated carbocycles. The number of hydrogen-bond acceptors (Lipinski definition) is 5. The molecule has 1 aromatic heterocycles. The highest BCUT2D eigenvalue weighted by molar-refractivity contribution is 6.30. The smallest absolute Gasteiger partial charge is 0.277 e. The molecule has 1 aliphatic rings. The van der Waals surface area contributed by atoms with E-state index < -0.39 is 0 Å². The molecule has 0 bridgehead atoms. The Morgan fingerprint density at radius 2 is 2.25 bits per heavy atom. The van der Waals surface area contributed by atoms with Crippen LogP contribution >= 0.6 is 11.6 Å². The number of ether oxygens (including phenoxy) is 1. The number of nitrogens with zero attached hydrogens (tertiary/aromatic N) is 3. The largest absolute Gasteiger partial charge is 0.492 e. The maximum absolute atomic E-state index is 12.4. The summed E-state index contributed by atoms with van der Waals surface area (Å²) in [6.45, 7) is 4.26. The number of rotatable bonds is 5. The van der Waals surface area contributed by atoms with Crippen LogP contribution in [0.2, 0.25) is 5.02 Å². The van der Waals surface area contributed by atoms with Gasteiger partial charge in [-0.2, -0.15) is 0 Å². The van der Waals surface area contributed by atoms with Crippen LogP contribution in [-0.4, -0.2) is 40.6 Å². The second-order valence-corrected chi connectivity index (χ2v) is 6.03. The van der Waals surface area contributed by atoms with E-state index in [2.05, 4.69) is 20.9 Å². The Labute approximate surface area is 145 Å². The van der Waals surface area contributed by atoms with Gasteiger partial charge in [0.1, 0.15) is 5.75 Å². The summed E-state index contributed by atoms with van der Waals surface area (Å²) in [6.07, 6.45) is 3.66. The van der Waals surface area contributed by atoms with E-state index in [0.717, 1.165) is 25.9 Å². The van der Waals surface area contributed by atoms with Gasteiger partial charge in [-0.3, -0.25) is 4.79 Å². The third-order valence-electron chi connectivity index (χ3n) is 3.92. The lowest BCUT2D eigenvalue weighted by Crippen LogP contribution is -2.29. The van der Waals surface area contributed by atoms with Crippen molar-refractivity contribution in [1.82, 2.24) is 20.3 Å². The predicted octanol–water partition coefficient (Wildman–Crippen LogP) is 2.51. The molecular formula is C16H20ClN5O2. The normalized spacial score (nSPS) is 15.2. The molecule has 7 nitrogen and oxygen atoms in total. The fraction of sp³-hybridized carbons (Fsp3) is 0.438. The summed E-state index contributed by atoms with van der Waals surface area (Å²) >= 11 is 5.97. The van der Waals surface area contributed by atoms with E-state index in [-0.39, 0.29) is 17.6 Å². The minimum Gasteiger partial charge on any atom is -0.492 e. The average molecular weight is 350 g/mol. The van der Waals surface area contributed by atoms with Gasteiger partial charge >= 0.3 is 0 Å². The van der Waals surface area contributed by atoms with Gasteiger partial charge in [-0.05, 0) is 45.0 Å². The zero-order valence-electron chi connectivity index (χ0n) is 13.5. The van der Waals surface area contributed by atoms with Gasteiger partial charge in [0, 0.05) is 11.1 Å². The molecule has 0 spiro atoms. The van der Waals surface area contributed by atoms with Crippen LogP contribution in [0.4, 0.5) is 5.69 Å². The van der Waals surface area contributed by atoms with Crippen LogP contribution in [0, 0.1) is 0 Å². The van der Waals surface area contributed by atoms with Crippen LogP contribution in [0.3, 0.4) is 0 Å². The van der Waals surface area contributed by atoms with E-state index in [4.69, 9.17) is 16.3 Å². The molecule has 2 heterocycles. The number of carbonyl (C=O) groups is 1. The van der Waals surface area contributed by atoms with E-state index in [9.17, 15) is 4.79 Å². The summed E-state index contributed by atoms with van der Waals surface area (Å²) in [5.41, 5.74) is 0.841. The number of halogens is 1. The van der Waals surface area contributed by atoms with Gasteiger partial charge in [0.2, 0.25) is 0 Å². The highest BCUT2D eigenvalue weighted by Gasteiger charge is 2.19. The van der Waals surface area contributed by atoms with Crippen molar-refractivity contribution >= 4 is 23.2 Å². The second-order valence-electron chi connectivity index (χ2n) is 5.59. The van der Waals surface area contributed by atoms with Crippen LogP contribution in [0.15, 0.2) is 24.4 Å². The molecule has 0 unspecified atom stereocenters. The van der Waals surface area contributed by atoms with Crippen molar-refractivity contribution in [1.29, 1.82) is 0 Å². The third-order valence-corrected chi connectivity index (χ3v) is 4.15. The average Bonchev–Trinajstić information content (AvgIpc) is 3.08. The Hall–Kier alpha value is -2.12. The molecule has 2 aromatic rings. The van der Waals surface area contributed by atoms with Crippen molar-refractivity contribution in [2.45, 2.75) is 25.8 Å². The Balaban J connectivity index is 1.72. The summed E-state index contributed by atoms with van der Waals surface area (Å²) in [5, 5.41) is 14.8. The van der Waals surface area contributed by atoms with E-state index in [0.29, 0.717) is 23.1 Å². The number of benzene rings is 1. The lowest BCUT2D eigenvalue weighted by Gasteiger charge is -2.22. The monoisotopic (exact) mass is 349 g/mol. The molecule has 128 valence electrons. The minimum absolute atomic E-state index is 0.283. The molecule has 1 aromatic carbocycles. The van der Waals surface area contributed by atoms with Crippen molar-refractivity contribution in [2.75, 3.05) is 25.0 Å². The standard InChI is InChI=1S/C16H20ClN5O2/c1-2-24-15-9-11(17)3-4-13(15)19-16(23)14-10-22(21-20-14)12-5-7-18-8-6-12/h3-4,9-10,12,18H,2,5-8H2,1H3,(H,19,23). The van der Waals surface area contributed by atoms with Gasteiger partial charge in [0.15, 0.2) is 5.69 Å². The van der Waals surface area contributed by atoms with Crippen molar-refractivity contribution in [2.24, 2.45) is 0 Å². The van der Waals surface area contributed by atoms with Gasteiger partial charge in [-0.25, -0.2) is 4.68 Å². The number of amides is 1. The maximum atomic E-state index is 12.4. The van der Waals surface area contributed by atoms with E-state index >= 15 is 0 Å². The topological polar surface area (TPSA) is 81.1 Å². The second kappa shape index (κ2) is 7.63. The first kappa shape index (κ1) is 16.7. The molecule has 0 radical (unpaired) electrons. The predicted molar refractivity (Wildman–Crippen MR) is 91.7 cm³/mol. The third kappa shape index (κ3) is 3.85. The molecule has 8 heteroatoms. The zero-order chi connectivity index (χ0) is 16.9. The van der Waals surface area contributed by atoms with Gasteiger partial charge in [0.05, 0.1) is 24.5 Å². The van der Waals surface area contributed by atoms with Gasteiger partial charge < -0.3 is 15.4 Å². The molecular weight excluding hydrogens is 330 g/mol. The number of hydrogen-bond donors (Lipinski definition) is 2. The fourth-order valence-corrected chi connectivity index (χ4v) is 2.85. The minimum atomic E-state index is -0.321. The number of aromatic nitrogens is 3. The van der Waals surface area contributed by atoms with Crippen LogP contribution in [0.1, 0.15) is 36.3 Å². The van der Waals surface area contributed by atoms with Crippen LogP contribution in [-0.2, 0) is 0 Å². The lowest BCUT2D eigenvalue weighted by molar-refractivity contribution is 0.102. The summed E-state index contributed by atoms with van der Waals surface area (Å²) in [7, 11) is 0. The molecule has 0 atom stereocenters. The fourth-order valence-electron chi connectivity index (χ4n) is 2.69. The molecule has 24 heavy (non-hydrogen) atoms.